The van der Waals surface area contributed by atoms with Crippen molar-refractivity contribution < 1.29 is 18.7 Å². The fourth-order valence-corrected chi connectivity index (χ4v) is 3.50. The Kier molecular flexibility index (Phi) is 5.18. The maximum absolute atomic E-state index is 14.3. The molecule has 1 N–H and O–H groups in total. The smallest absolute Gasteiger partial charge is 0.166 e. The third-order valence-electron chi connectivity index (χ3n) is 4.86. The molecule has 1 aromatic rings. The molecule has 138 valence electrons. The zero-order chi connectivity index (χ0) is 18.9. The van der Waals surface area contributed by atoms with E-state index in [0.717, 1.165) is 42.9 Å². The van der Waals surface area contributed by atoms with Crippen LogP contribution in [0.25, 0.3) is 5.57 Å². The zero-order valence-electron chi connectivity index (χ0n) is 14.8. The summed E-state index contributed by atoms with van der Waals surface area (Å²) in [6.07, 6.45) is 8.75. The number of allylic oxidation sites excluding steroid dienone is 2. The van der Waals surface area contributed by atoms with Crippen LogP contribution in [0.15, 0.2) is 48.1 Å². The van der Waals surface area contributed by atoms with Gasteiger partial charge < -0.3 is 9.90 Å². The van der Waals surface area contributed by atoms with E-state index in [9.17, 15) is 18.7 Å². The van der Waals surface area contributed by atoms with Gasteiger partial charge in [0.1, 0.15) is 23.5 Å². The molecule has 4 nitrogen and oxygen atoms in total. The van der Waals surface area contributed by atoms with Gasteiger partial charge in [-0.2, -0.15) is 0 Å². The van der Waals surface area contributed by atoms with Crippen LogP contribution in [0.3, 0.4) is 0 Å². The summed E-state index contributed by atoms with van der Waals surface area (Å²) in [6.45, 7) is 0.115. The van der Waals surface area contributed by atoms with E-state index >= 15 is 0 Å². The Bertz CT molecular complexity index is 801. The predicted molar refractivity (Wildman–Crippen MR) is 96.0 cm³/mol. The molecule has 6 heteroatoms. The first-order valence-corrected chi connectivity index (χ1v) is 8.51. The molecule has 0 bridgehead atoms. The van der Waals surface area contributed by atoms with Crippen LogP contribution in [0, 0.1) is 11.6 Å². The van der Waals surface area contributed by atoms with Crippen LogP contribution in [0.4, 0.5) is 8.78 Å². The van der Waals surface area contributed by atoms with Crippen LogP contribution >= 0.6 is 0 Å². The SMILES string of the molecule is CN(C)C(O)N1CC(c2cc(F)ccc2F)=CC1(C=O)C1=CCCC=C1. The van der Waals surface area contributed by atoms with Crippen molar-refractivity contribution in [1.82, 2.24) is 9.80 Å². The Hall–Kier alpha value is -2.15. The van der Waals surface area contributed by atoms with Crippen molar-refractivity contribution >= 4 is 11.9 Å². The molecule has 0 saturated carbocycles. The van der Waals surface area contributed by atoms with Gasteiger partial charge in [-0.3, -0.25) is 4.90 Å². The molecule has 0 aromatic heterocycles. The van der Waals surface area contributed by atoms with Crippen molar-refractivity contribution in [2.24, 2.45) is 0 Å². The van der Waals surface area contributed by atoms with E-state index in [2.05, 4.69) is 0 Å². The van der Waals surface area contributed by atoms with E-state index in [1.165, 1.54) is 0 Å². The maximum atomic E-state index is 14.3. The third kappa shape index (κ3) is 3.16. The maximum Gasteiger partial charge on any atom is 0.166 e. The minimum Gasteiger partial charge on any atom is -0.365 e. The van der Waals surface area contributed by atoms with Gasteiger partial charge in [-0.05, 0) is 62.4 Å². The number of nitrogens with zero attached hydrogens (tertiary/aromatic N) is 2. The normalized spacial score (nSPS) is 24.5. The lowest BCUT2D eigenvalue weighted by atomic mass is 9.86. The summed E-state index contributed by atoms with van der Waals surface area (Å²) in [5.41, 5.74) is 0.0701. The largest absolute Gasteiger partial charge is 0.365 e. The number of carbonyl (C=O) groups is 1. The van der Waals surface area contributed by atoms with Gasteiger partial charge in [0.15, 0.2) is 6.35 Å². The van der Waals surface area contributed by atoms with E-state index in [4.69, 9.17) is 0 Å². The number of aldehydes is 1. The molecular weight excluding hydrogens is 338 g/mol. The molecule has 2 unspecified atom stereocenters. The topological polar surface area (TPSA) is 43.8 Å². The van der Waals surface area contributed by atoms with Gasteiger partial charge in [0.25, 0.3) is 0 Å². The van der Waals surface area contributed by atoms with Crippen LogP contribution in [0.2, 0.25) is 0 Å². The quantitative estimate of drug-likeness (QED) is 0.648. The fourth-order valence-electron chi connectivity index (χ4n) is 3.50. The molecule has 1 aliphatic carbocycles. The number of benzene rings is 1. The molecule has 0 radical (unpaired) electrons. The summed E-state index contributed by atoms with van der Waals surface area (Å²) in [5.74, 6) is -1.12. The molecule has 1 heterocycles. The summed E-state index contributed by atoms with van der Waals surface area (Å²) < 4.78 is 27.9. The molecule has 2 aliphatic rings. The number of carbonyl (C=O) groups excluding carboxylic acids is 1. The van der Waals surface area contributed by atoms with E-state index in [-0.39, 0.29) is 12.1 Å². The first-order chi connectivity index (χ1) is 12.4. The second-order valence-electron chi connectivity index (χ2n) is 6.81. The molecule has 26 heavy (non-hydrogen) atoms. The van der Waals surface area contributed by atoms with Crippen molar-refractivity contribution in [2.75, 3.05) is 20.6 Å². The van der Waals surface area contributed by atoms with Crippen LogP contribution in [-0.4, -0.2) is 53.7 Å². The third-order valence-corrected chi connectivity index (χ3v) is 4.86. The average Bonchev–Trinajstić information content (AvgIpc) is 3.04. The van der Waals surface area contributed by atoms with E-state index in [1.807, 2.05) is 18.2 Å². The van der Waals surface area contributed by atoms with Crippen LogP contribution < -0.4 is 0 Å². The van der Waals surface area contributed by atoms with E-state index in [0.29, 0.717) is 5.57 Å². The summed E-state index contributed by atoms with van der Waals surface area (Å²) in [5, 5.41) is 10.7. The molecule has 2 atom stereocenters. The Labute approximate surface area is 151 Å². The summed E-state index contributed by atoms with van der Waals surface area (Å²) >= 11 is 0. The molecule has 0 spiro atoms. The van der Waals surface area contributed by atoms with Crippen molar-refractivity contribution in [3.63, 3.8) is 0 Å². The van der Waals surface area contributed by atoms with Gasteiger partial charge in [0.05, 0.1) is 0 Å². The van der Waals surface area contributed by atoms with Gasteiger partial charge in [-0.1, -0.05) is 18.2 Å². The summed E-state index contributed by atoms with van der Waals surface area (Å²) in [4.78, 5) is 15.4. The average molecular weight is 360 g/mol. The number of hydrogen-bond donors (Lipinski definition) is 1. The Morgan fingerprint density at radius 1 is 1.31 bits per heavy atom. The minimum absolute atomic E-state index is 0.102. The van der Waals surface area contributed by atoms with Crippen LogP contribution in [0.5, 0.6) is 0 Å². The van der Waals surface area contributed by atoms with Crippen LogP contribution in [0.1, 0.15) is 18.4 Å². The number of aliphatic hydroxyl groups is 1. The predicted octanol–water partition coefficient (Wildman–Crippen LogP) is 2.72. The zero-order valence-corrected chi connectivity index (χ0v) is 14.8. The lowest BCUT2D eigenvalue weighted by molar-refractivity contribution is -0.132. The molecule has 0 amide bonds. The molecule has 0 fully saturated rings. The molecule has 1 aromatic carbocycles. The highest BCUT2D eigenvalue weighted by Gasteiger charge is 2.46. The van der Waals surface area contributed by atoms with Crippen LogP contribution in [-0.2, 0) is 4.79 Å². The minimum atomic E-state index is -1.23. The lowest BCUT2D eigenvalue weighted by Crippen LogP contribution is -2.56. The number of hydrogen-bond acceptors (Lipinski definition) is 4. The standard InChI is InChI=1S/C20H22F2N2O2/c1-23(2)19(26)24-12-14(17-10-16(21)8-9-18(17)22)11-20(24,13-25)15-6-4-3-5-7-15/h4,6-11,13,19,26H,3,5,12H2,1-2H3. The van der Waals surface area contributed by atoms with Crippen molar-refractivity contribution in [2.45, 2.75) is 24.7 Å². The first kappa shape index (κ1) is 18.6. The van der Waals surface area contributed by atoms with Gasteiger partial charge in [0, 0.05) is 12.1 Å². The molecule has 1 aliphatic heterocycles. The molecular formula is C20H22F2N2O2. The van der Waals surface area contributed by atoms with Gasteiger partial charge in [0.2, 0.25) is 0 Å². The molecule has 0 saturated heterocycles. The fraction of sp³-hybridized carbons (Fsp3) is 0.350. The molecule has 3 rings (SSSR count). The second kappa shape index (κ2) is 7.23. The Balaban J connectivity index is 2.14. The van der Waals surface area contributed by atoms with Crippen molar-refractivity contribution in [3.05, 3.63) is 65.3 Å². The highest BCUT2D eigenvalue weighted by Crippen LogP contribution is 2.40. The highest BCUT2D eigenvalue weighted by molar-refractivity contribution is 5.85. The van der Waals surface area contributed by atoms with Crippen molar-refractivity contribution in [1.29, 1.82) is 0 Å². The summed E-state index contributed by atoms with van der Waals surface area (Å²) in [6, 6.07) is 3.24. The van der Waals surface area contributed by atoms with E-state index < -0.39 is 23.5 Å². The van der Waals surface area contributed by atoms with Gasteiger partial charge in [-0.15, -0.1) is 0 Å². The van der Waals surface area contributed by atoms with Gasteiger partial charge in [-0.25, -0.2) is 13.7 Å². The Morgan fingerprint density at radius 3 is 2.69 bits per heavy atom. The Morgan fingerprint density at radius 2 is 2.08 bits per heavy atom. The number of aliphatic hydroxyl groups excluding tert-OH is 1. The number of rotatable bonds is 5. The second-order valence-corrected chi connectivity index (χ2v) is 6.81. The number of halogens is 2. The monoisotopic (exact) mass is 360 g/mol. The van der Waals surface area contributed by atoms with E-state index in [1.54, 1.807) is 30.0 Å². The lowest BCUT2D eigenvalue weighted by Gasteiger charge is -2.40. The van der Waals surface area contributed by atoms with Crippen molar-refractivity contribution in [3.8, 4) is 0 Å². The van der Waals surface area contributed by atoms with Gasteiger partial charge >= 0.3 is 0 Å². The highest BCUT2D eigenvalue weighted by atomic mass is 19.1. The summed E-state index contributed by atoms with van der Waals surface area (Å²) in [7, 11) is 3.37. The first-order valence-electron chi connectivity index (χ1n) is 8.51.